The molecule has 1 aliphatic carbocycles. The number of halogens is 1. The number of piperazine rings is 1. The molecule has 104 valence electrons. The van der Waals surface area contributed by atoms with Crippen molar-refractivity contribution in [3.05, 3.63) is 35.6 Å². The molecule has 1 aromatic rings. The van der Waals surface area contributed by atoms with Gasteiger partial charge < -0.3 is 5.32 Å². The summed E-state index contributed by atoms with van der Waals surface area (Å²) in [5, 5.41) is 3.69. The maximum Gasteiger partial charge on any atom is 0.123 e. The number of nitrogens with zero attached hydrogens (tertiary/aromatic N) is 1. The number of hydrogen-bond acceptors (Lipinski definition) is 2. The molecule has 0 spiro atoms. The topological polar surface area (TPSA) is 15.3 Å². The Morgan fingerprint density at radius 1 is 1.42 bits per heavy atom. The molecule has 2 aliphatic rings. The van der Waals surface area contributed by atoms with Crippen LogP contribution in [0.15, 0.2) is 24.3 Å². The van der Waals surface area contributed by atoms with Gasteiger partial charge in [0.1, 0.15) is 5.82 Å². The Bertz CT molecular complexity index is 444. The first-order chi connectivity index (χ1) is 9.16. The highest BCUT2D eigenvalue weighted by Crippen LogP contribution is 2.40. The molecule has 2 nitrogen and oxygen atoms in total. The van der Waals surface area contributed by atoms with Gasteiger partial charge in [-0.3, -0.25) is 4.90 Å². The number of hydrogen-bond donors (Lipinski definition) is 1. The van der Waals surface area contributed by atoms with E-state index >= 15 is 0 Å². The Kier molecular flexibility index (Phi) is 3.59. The van der Waals surface area contributed by atoms with E-state index in [0.717, 1.165) is 44.1 Å². The van der Waals surface area contributed by atoms with Crippen molar-refractivity contribution in [1.82, 2.24) is 10.2 Å². The molecule has 0 amide bonds. The van der Waals surface area contributed by atoms with Crippen LogP contribution >= 0.6 is 0 Å². The van der Waals surface area contributed by atoms with Gasteiger partial charge in [0.25, 0.3) is 0 Å². The fraction of sp³-hybridized carbons (Fsp3) is 0.625. The number of nitrogens with one attached hydrogen (secondary N) is 1. The van der Waals surface area contributed by atoms with Crippen molar-refractivity contribution in [2.75, 3.05) is 26.2 Å². The molecule has 0 bridgehead atoms. The third-order valence-electron chi connectivity index (χ3n) is 4.59. The summed E-state index contributed by atoms with van der Waals surface area (Å²) in [7, 11) is 0. The van der Waals surface area contributed by atoms with Crippen LogP contribution in [0.25, 0.3) is 0 Å². The Labute approximate surface area is 115 Å². The van der Waals surface area contributed by atoms with E-state index in [0.29, 0.717) is 5.54 Å². The molecule has 0 radical (unpaired) electrons. The van der Waals surface area contributed by atoms with Crippen molar-refractivity contribution >= 4 is 0 Å². The molecule has 2 fully saturated rings. The Balaban J connectivity index is 1.55. The van der Waals surface area contributed by atoms with Crippen molar-refractivity contribution in [1.29, 1.82) is 0 Å². The van der Waals surface area contributed by atoms with Crippen molar-refractivity contribution in [3.63, 3.8) is 0 Å². The standard InChI is InChI=1S/C16H23FN2/c1-16(14-5-6-14)12-19(10-8-18-16)9-7-13-3-2-4-15(17)11-13/h2-4,11,14,18H,5-10,12H2,1H3. The lowest BCUT2D eigenvalue weighted by Gasteiger charge is -2.42. The zero-order chi connectivity index (χ0) is 13.3. The predicted octanol–water partition coefficient (Wildman–Crippen LogP) is 2.44. The van der Waals surface area contributed by atoms with Crippen LogP contribution < -0.4 is 5.32 Å². The van der Waals surface area contributed by atoms with E-state index in [1.165, 1.54) is 18.9 Å². The lowest BCUT2D eigenvalue weighted by Crippen LogP contribution is -2.60. The fourth-order valence-electron chi connectivity index (χ4n) is 3.26. The van der Waals surface area contributed by atoms with Crippen LogP contribution in [0.4, 0.5) is 4.39 Å². The molecule has 1 aliphatic heterocycles. The third kappa shape index (κ3) is 3.15. The molecule has 1 aromatic carbocycles. The fourth-order valence-corrected chi connectivity index (χ4v) is 3.26. The van der Waals surface area contributed by atoms with Crippen LogP contribution in [0.5, 0.6) is 0 Å². The highest BCUT2D eigenvalue weighted by atomic mass is 19.1. The second-order valence-corrected chi connectivity index (χ2v) is 6.27. The summed E-state index contributed by atoms with van der Waals surface area (Å²) in [5.41, 5.74) is 1.41. The van der Waals surface area contributed by atoms with Crippen LogP contribution in [0.1, 0.15) is 25.3 Å². The molecular weight excluding hydrogens is 239 g/mol. The molecule has 3 heteroatoms. The second-order valence-electron chi connectivity index (χ2n) is 6.27. The summed E-state index contributed by atoms with van der Waals surface area (Å²) < 4.78 is 13.1. The summed E-state index contributed by atoms with van der Waals surface area (Å²) in [6.45, 7) is 6.72. The minimum atomic E-state index is -0.124. The summed E-state index contributed by atoms with van der Waals surface area (Å²) in [6.07, 6.45) is 3.70. The lowest BCUT2D eigenvalue weighted by molar-refractivity contribution is 0.128. The molecule has 1 saturated heterocycles. The van der Waals surface area contributed by atoms with E-state index in [4.69, 9.17) is 0 Å². The van der Waals surface area contributed by atoms with Gasteiger partial charge in [-0.1, -0.05) is 12.1 Å². The zero-order valence-electron chi connectivity index (χ0n) is 11.7. The molecule has 0 aromatic heterocycles. The predicted molar refractivity (Wildman–Crippen MR) is 75.7 cm³/mol. The molecule has 1 N–H and O–H groups in total. The molecule has 1 heterocycles. The van der Waals surface area contributed by atoms with Gasteiger partial charge in [-0.2, -0.15) is 0 Å². The zero-order valence-corrected chi connectivity index (χ0v) is 11.7. The minimum absolute atomic E-state index is 0.124. The molecule has 1 atom stereocenters. The first-order valence-electron chi connectivity index (χ1n) is 7.37. The largest absolute Gasteiger partial charge is 0.309 e. The maximum absolute atomic E-state index is 13.1. The van der Waals surface area contributed by atoms with Crippen LogP contribution in [0, 0.1) is 11.7 Å². The van der Waals surface area contributed by atoms with Gasteiger partial charge in [-0.05, 0) is 49.8 Å². The molecule has 19 heavy (non-hydrogen) atoms. The summed E-state index contributed by atoms with van der Waals surface area (Å²) in [5.74, 6) is 0.741. The molecular formula is C16H23FN2. The van der Waals surface area contributed by atoms with Crippen LogP contribution in [-0.2, 0) is 6.42 Å². The first kappa shape index (κ1) is 13.1. The molecule has 1 saturated carbocycles. The average molecular weight is 262 g/mol. The lowest BCUT2D eigenvalue weighted by atomic mass is 9.93. The summed E-state index contributed by atoms with van der Waals surface area (Å²) in [4.78, 5) is 2.53. The average Bonchev–Trinajstić information content (AvgIpc) is 3.21. The van der Waals surface area contributed by atoms with Crippen molar-refractivity contribution in [3.8, 4) is 0 Å². The summed E-state index contributed by atoms with van der Waals surface area (Å²) in [6, 6.07) is 6.99. The molecule has 1 unspecified atom stereocenters. The van der Waals surface area contributed by atoms with Crippen LogP contribution in [0.2, 0.25) is 0 Å². The van der Waals surface area contributed by atoms with Gasteiger partial charge in [-0.25, -0.2) is 4.39 Å². The maximum atomic E-state index is 13.1. The monoisotopic (exact) mass is 262 g/mol. The SMILES string of the molecule is CC1(C2CC2)CN(CCc2cccc(F)c2)CCN1. The first-order valence-corrected chi connectivity index (χ1v) is 7.37. The van der Waals surface area contributed by atoms with Gasteiger partial charge in [0.05, 0.1) is 0 Å². The smallest absolute Gasteiger partial charge is 0.123 e. The number of rotatable bonds is 4. The van der Waals surface area contributed by atoms with Crippen molar-refractivity contribution < 1.29 is 4.39 Å². The normalized spacial score (nSPS) is 28.5. The van der Waals surface area contributed by atoms with Crippen LogP contribution in [0.3, 0.4) is 0 Å². The van der Waals surface area contributed by atoms with E-state index < -0.39 is 0 Å². The highest BCUT2D eigenvalue weighted by molar-refractivity contribution is 5.16. The molecule has 3 rings (SSSR count). The van der Waals surface area contributed by atoms with E-state index in [1.807, 2.05) is 6.07 Å². The third-order valence-corrected chi connectivity index (χ3v) is 4.59. The Hall–Kier alpha value is -0.930. The Morgan fingerprint density at radius 3 is 3.00 bits per heavy atom. The summed E-state index contributed by atoms with van der Waals surface area (Å²) >= 11 is 0. The van der Waals surface area contributed by atoms with Crippen molar-refractivity contribution in [2.45, 2.75) is 31.7 Å². The minimum Gasteiger partial charge on any atom is -0.309 e. The van der Waals surface area contributed by atoms with Gasteiger partial charge in [0.2, 0.25) is 0 Å². The van der Waals surface area contributed by atoms with Gasteiger partial charge in [-0.15, -0.1) is 0 Å². The van der Waals surface area contributed by atoms with E-state index in [9.17, 15) is 4.39 Å². The van der Waals surface area contributed by atoms with Gasteiger partial charge in [0, 0.05) is 31.7 Å². The van der Waals surface area contributed by atoms with Gasteiger partial charge in [0.15, 0.2) is 0 Å². The van der Waals surface area contributed by atoms with E-state index in [-0.39, 0.29) is 5.82 Å². The second kappa shape index (κ2) is 5.22. The Morgan fingerprint density at radius 2 is 2.26 bits per heavy atom. The van der Waals surface area contributed by atoms with Crippen LogP contribution in [-0.4, -0.2) is 36.6 Å². The highest BCUT2D eigenvalue weighted by Gasteiger charge is 2.43. The van der Waals surface area contributed by atoms with E-state index in [1.54, 1.807) is 12.1 Å². The van der Waals surface area contributed by atoms with E-state index in [2.05, 4.69) is 17.1 Å². The number of benzene rings is 1. The van der Waals surface area contributed by atoms with Gasteiger partial charge >= 0.3 is 0 Å². The quantitative estimate of drug-likeness (QED) is 0.896. The van der Waals surface area contributed by atoms with Crippen molar-refractivity contribution in [2.24, 2.45) is 5.92 Å².